The van der Waals surface area contributed by atoms with Gasteiger partial charge in [0, 0.05) is 29.0 Å². The molecule has 1 unspecified atom stereocenters. The lowest BCUT2D eigenvalue weighted by Crippen LogP contribution is -2.35. The van der Waals surface area contributed by atoms with Crippen LogP contribution >= 0.6 is 27.7 Å². The van der Waals surface area contributed by atoms with Crippen molar-refractivity contribution in [2.45, 2.75) is 30.7 Å². The highest BCUT2D eigenvalue weighted by atomic mass is 79.9. The fourth-order valence-electron chi connectivity index (χ4n) is 1.91. The lowest BCUT2D eigenvalue weighted by molar-refractivity contribution is 0.563. The number of anilines is 1. The molecular formula is C12H18BrN3O2S2. The Hall–Kier alpha value is -0.310. The maximum absolute atomic E-state index is 12.5. The molecular weight excluding hydrogens is 362 g/mol. The van der Waals surface area contributed by atoms with E-state index in [2.05, 4.69) is 31.0 Å². The monoisotopic (exact) mass is 379 g/mol. The number of hydrogen-bond donors (Lipinski definition) is 2. The number of nitrogens with one attached hydrogen (secondary N) is 2. The summed E-state index contributed by atoms with van der Waals surface area (Å²) in [7, 11) is -3.55. The highest BCUT2D eigenvalue weighted by molar-refractivity contribution is 9.10. The van der Waals surface area contributed by atoms with Crippen molar-refractivity contribution in [2.75, 3.05) is 23.4 Å². The second-order valence-electron chi connectivity index (χ2n) is 4.61. The topological polar surface area (TPSA) is 71.1 Å². The fourth-order valence-corrected chi connectivity index (χ4v) is 5.08. The molecule has 112 valence electrons. The normalized spacial score (nSPS) is 19.2. The van der Waals surface area contributed by atoms with Crippen LogP contribution in [0.4, 0.5) is 5.82 Å². The lowest BCUT2D eigenvalue weighted by Gasteiger charge is -2.15. The minimum atomic E-state index is -3.55. The second-order valence-corrected chi connectivity index (χ2v) is 8.36. The van der Waals surface area contributed by atoms with Crippen molar-refractivity contribution in [1.82, 2.24) is 9.71 Å². The maximum atomic E-state index is 12.5. The Labute approximate surface area is 132 Å². The van der Waals surface area contributed by atoms with Crippen LogP contribution < -0.4 is 10.0 Å². The molecule has 1 saturated heterocycles. The predicted molar refractivity (Wildman–Crippen MR) is 86.8 cm³/mol. The van der Waals surface area contributed by atoms with Crippen molar-refractivity contribution >= 4 is 43.5 Å². The molecule has 2 heterocycles. The van der Waals surface area contributed by atoms with E-state index in [0.717, 1.165) is 24.3 Å². The van der Waals surface area contributed by atoms with Gasteiger partial charge in [-0.15, -0.1) is 0 Å². The van der Waals surface area contributed by atoms with Gasteiger partial charge >= 0.3 is 0 Å². The molecule has 8 heteroatoms. The largest absolute Gasteiger partial charge is 0.369 e. The van der Waals surface area contributed by atoms with Crippen LogP contribution in [0.3, 0.4) is 0 Å². The van der Waals surface area contributed by atoms with E-state index in [1.165, 1.54) is 0 Å². The molecule has 1 aromatic rings. The first kappa shape index (κ1) is 16.1. The van der Waals surface area contributed by atoms with E-state index in [1.54, 1.807) is 24.0 Å². The van der Waals surface area contributed by atoms with Gasteiger partial charge in [-0.1, -0.05) is 6.92 Å². The van der Waals surface area contributed by atoms with Crippen molar-refractivity contribution < 1.29 is 8.42 Å². The van der Waals surface area contributed by atoms with Crippen LogP contribution in [-0.2, 0) is 10.0 Å². The summed E-state index contributed by atoms with van der Waals surface area (Å²) < 4.78 is 28.4. The van der Waals surface area contributed by atoms with E-state index in [9.17, 15) is 8.42 Å². The van der Waals surface area contributed by atoms with E-state index in [-0.39, 0.29) is 10.9 Å². The van der Waals surface area contributed by atoms with Gasteiger partial charge in [-0.05, 0) is 40.6 Å². The smallest absolute Gasteiger partial charge is 0.244 e. The van der Waals surface area contributed by atoms with E-state index in [0.29, 0.717) is 16.8 Å². The number of pyridine rings is 1. The van der Waals surface area contributed by atoms with Gasteiger partial charge in [0.15, 0.2) is 0 Å². The van der Waals surface area contributed by atoms with Gasteiger partial charge < -0.3 is 5.32 Å². The molecule has 5 nitrogen and oxygen atoms in total. The fraction of sp³-hybridized carbons (Fsp3) is 0.583. The second kappa shape index (κ2) is 7.11. The zero-order valence-electron chi connectivity index (χ0n) is 11.2. The quantitative estimate of drug-likeness (QED) is 0.793. The minimum Gasteiger partial charge on any atom is -0.369 e. The first-order valence-electron chi connectivity index (χ1n) is 6.52. The standard InChI is InChI=1S/C12H18BrN3O2S2/c1-2-4-14-12-11(6-9(13)7-15-12)20(17,18)16-10-3-5-19-8-10/h6-7,10,16H,2-5,8H2,1H3,(H,14,15). The van der Waals surface area contributed by atoms with Crippen molar-refractivity contribution in [2.24, 2.45) is 0 Å². The van der Waals surface area contributed by atoms with Gasteiger partial charge in [-0.2, -0.15) is 11.8 Å². The zero-order valence-corrected chi connectivity index (χ0v) is 14.4. The molecule has 0 amide bonds. The highest BCUT2D eigenvalue weighted by Crippen LogP contribution is 2.25. The molecule has 20 heavy (non-hydrogen) atoms. The van der Waals surface area contributed by atoms with Crippen LogP contribution in [-0.4, -0.2) is 37.5 Å². The molecule has 1 aromatic heterocycles. The third kappa shape index (κ3) is 4.09. The molecule has 1 fully saturated rings. The van der Waals surface area contributed by atoms with Gasteiger partial charge in [0.1, 0.15) is 10.7 Å². The summed E-state index contributed by atoms with van der Waals surface area (Å²) in [6.45, 7) is 2.71. The molecule has 1 atom stereocenters. The number of hydrogen-bond acceptors (Lipinski definition) is 5. The van der Waals surface area contributed by atoms with Gasteiger partial charge in [0.2, 0.25) is 10.0 Å². The molecule has 0 aromatic carbocycles. The number of nitrogens with zero attached hydrogens (tertiary/aromatic N) is 1. The van der Waals surface area contributed by atoms with Crippen molar-refractivity contribution in [3.05, 3.63) is 16.7 Å². The lowest BCUT2D eigenvalue weighted by atomic mass is 10.3. The summed E-state index contributed by atoms with van der Waals surface area (Å²) in [6, 6.07) is 1.61. The molecule has 0 aliphatic carbocycles. The molecule has 1 aliphatic heterocycles. The molecule has 0 bridgehead atoms. The molecule has 2 N–H and O–H groups in total. The van der Waals surface area contributed by atoms with Crippen molar-refractivity contribution in [3.8, 4) is 0 Å². The summed E-state index contributed by atoms with van der Waals surface area (Å²) in [5, 5.41) is 3.06. The Morgan fingerprint density at radius 2 is 2.35 bits per heavy atom. The van der Waals surface area contributed by atoms with Crippen LogP contribution in [0.1, 0.15) is 19.8 Å². The average Bonchev–Trinajstić information content (AvgIpc) is 2.89. The SMILES string of the molecule is CCCNc1ncc(Br)cc1S(=O)(=O)NC1CCSC1. The third-order valence-electron chi connectivity index (χ3n) is 2.90. The first-order chi connectivity index (χ1) is 9.53. The zero-order chi connectivity index (χ0) is 14.6. The Bertz CT molecular complexity index is 560. The van der Waals surface area contributed by atoms with E-state index in [1.807, 2.05) is 6.92 Å². The average molecular weight is 380 g/mol. The molecule has 0 spiro atoms. The summed E-state index contributed by atoms with van der Waals surface area (Å²) in [6.07, 6.45) is 3.38. The Balaban J connectivity index is 2.26. The Kier molecular flexibility index (Phi) is 5.71. The van der Waals surface area contributed by atoms with Gasteiger partial charge in [0.05, 0.1) is 0 Å². The van der Waals surface area contributed by atoms with Crippen LogP contribution in [0.2, 0.25) is 0 Å². The summed E-state index contributed by atoms with van der Waals surface area (Å²) >= 11 is 5.05. The maximum Gasteiger partial charge on any atom is 0.244 e. The van der Waals surface area contributed by atoms with Gasteiger partial charge in [-0.25, -0.2) is 18.1 Å². The van der Waals surface area contributed by atoms with Crippen molar-refractivity contribution in [1.29, 1.82) is 0 Å². The number of sulfonamides is 1. The number of rotatable bonds is 6. The van der Waals surface area contributed by atoms with Crippen LogP contribution in [0, 0.1) is 0 Å². The number of aromatic nitrogens is 1. The first-order valence-corrected chi connectivity index (χ1v) is 9.95. The summed E-state index contributed by atoms with van der Waals surface area (Å²) in [5.41, 5.74) is 0. The molecule has 2 rings (SSSR count). The van der Waals surface area contributed by atoms with Crippen LogP contribution in [0.15, 0.2) is 21.6 Å². The van der Waals surface area contributed by atoms with E-state index in [4.69, 9.17) is 0 Å². The van der Waals surface area contributed by atoms with Crippen LogP contribution in [0.25, 0.3) is 0 Å². The summed E-state index contributed by atoms with van der Waals surface area (Å²) in [5.74, 6) is 2.25. The molecule has 0 saturated carbocycles. The van der Waals surface area contributed by atoms with E-state index < -0.39 is 10.0 Å². The summed E-state index contributed by atoms with van der Waals surface area (Å²) in [4.78, 5) is 4.38. The minimum absolute atomic E-state index is 0.0167. The van der Waals surface area contributed by atoms with Gasteiger partial charge in [-0.3, -0.25) is 0 Å². The number of thioether (sulfide) groups is 1. The number of halogens is 1. The Morgan fingerprint density at radius 3 is 3.00 bits per heavy atom. The van der Waals surface area contributed by atoms with Crippen LogP contribution in [0.5, 0.6) is 0 Å². The highest BCUT2D eigenvalue weighted by Gasteiger charge is 2.26. The van der Waals surface area contributed by atoms with Crippen molar-refractivity contribution in [3.63, 3.8) is 0 Å². The van der Waals surface area contributed by atoms with Gasteiger partial charge in [0.25, 0.3) is 0 Å². The Morgan fingerprint density at radius 1 is 1.55 bits per heavy atom. The third-order valence-corrected chi connectivity index (χ3v) is 6.03. The molecule has 0 radical (unpaired) electrons. The molecule has 1 aliphatic rings. The van der Waals surface area contributed by atoms with E-state index >= 15 is 0 Å². The predicted octanol–water partition coefficient (Wildman–Crippen LogP) is 2.45.